The number of aliphatic carboxylic acids is 1. The van der Waals surface area contributed by atoms with Crippen molar-refractivity contribution in [2.24, 2.45) is 0 Å². The maximum atomic E-state index is 9.82. The summed E-state index contributed by atoms with van der Waals surface area (Å²) < 4.78 is 0. The van der Waals surface area contributed by atoms with Crippen molar-refractivity contribution in [3.05, 3.63) is 12.7 Å². The monoisotopic (exact) mass is 132 g/mol. The van der Waals surface area contributed by atoms with Crippen molar-refractivity contribution in [1.82, 2.24) is 0 Å². The Balaban J connectivity index is 2.93. The maximum absolute atomic E-state index is 9.82. The first-order valence-corrected chi connectivity index (χ1v) is 3.33. The Labute approximate surface area is 52.6 Å². The van der Waals surface area contributed by atoms with Crippen molar-refractivity contribution in [3.63, 3.8) is 0 Å². The van der Waals surface area contributed by atoms with Crippen LogP contribution < -0.4 is 0 Å². The minimum atomic E-state index is -0.767. The fourth-order valence-corrected chi connectivity index (χ4v) is 0.689. The fourth-order valence-electron chi connectivity index (χ4n) is 0.230. The quantitative estimate of drug-likeness (QED) is 0.458. The first-order valence-electron chi connectivity index (χ1n) is 2.18. The number of carbonyl (C=O) groups is 1. The second kappa shape index (κ2) is 4.71. The Bertz CT molecular complexity index is 90.4. The normalized spacial score (nSPS) is 8.50. The molecule has 0 aromatic heterocycles. The molecule has 0 fully saturated rings. The summed E-state index contributed by atoms with van der Waals surface area (Å²) >= 11 is 1.34. The summed E-state index contributed by atoms with van der Waals surface area (Å²) in [5.41, 5.74) is 0. The molecule has 0 spiro atoms. The Morgan fingerprint density at radius 1 is 1.88 bits per heavy atom. The molecule has 8 heavy (non-hydrogen) atoms. The Morgan fingerprint density at radius 2 is 2.50 bits per heavy atom. The van der Waals surface area contributed by atoms with Gasteiger partial charge in [-0.3, -0.25) is 4.79 Å². The molecule has 2 nitrogen and oxygen atoms in total. The van der Waals surface area contributed by atoms with Crippen LogP contribution in [0.1, 0.15) is 0 Å². The molecule has 0 aliphatic rings. The zero-order valence-electron chi connectivity index (χ0n) is 4.46. The number of hydrogen-bond donors (Lipinski definition) is 1. The summed E-state index contributed by atoms with van der Waals surface area (Å²) in [6.07, 6.45) is 1.69. The number of carboxylic acid groups (broad SMARTS) is 1. The highest BCUT2D eigenvalue weighted by Gasteiger charge is 1.91. The summed E-state index contributed by atoms with van der Waals surface area (Å²) in [4.78, 5) is 9.82. The number of carboxylic acids is 1. The minimum Gasteiger partial charge on any atom is -0.481 e. The van der Waals surface area contributed by atoms with Crippen LogP contribution in [0.2, 0.25) is 0 Å². The SMILES string of the molecule is C=CCSCC(=O)O. The van der Waals surface area contributed by atoms with Crippen LogP contribution in [0.4, 0.5) is 0 Å². The van der Waals surface area contributed by atoms with E-state index >= 15 is 0 Å². The molecule has 0 atom stereocenters. The third-order valence-corrected chi connectivity index (χ3v) is 1.38. The lowest BCUT2D eigenvalue weighted by atomic mass is 10.8. The third-order valence-electron chi connectivity index (χ3n) is 0.461. The first-order chi connectivity index (χ1) is 3.77. The lowest BCUT2D eigenvalue weighted by molar-refractivity contribution is -0.133. The van der Waals surface area contributed by atoms with E-state index in [-0.39, 0.29) is 5.75 Å². The smallest absolute Gasteiger partial charge is 0.313 e. The molecule has 3 heteroatoms. The molecule has 0 saturated carbocycles. The zero-order chi connectivity index (χ0) is 6.41. The van der Waals surface area contributed by atoms with E-state index in [0.717, 1.165) is 0 Å². The molecule has 0 saturated heterocycles. The summed E-state index contributed by atoms with van der Waals surface area (Å²) in [5.74, 6) is 0.120. The molecule has 1 N–H and O–H groups in total. The van der Waals surface area contributed by atoms with Crippen LogP contribution in [0.3, 0.4) is 0 Å². The molecule has 0 amide bonds. The summed E-state index contributed by atoms with van der Waals surface area (Å²) in [6.45, 7) is 3.44. The third kappa shape index (κ3) is 5.56. The highest BCUT2D eigenvalue weighted by atomic mass is 32.2. The topological polar surface area (TPSA) is 37.3 Å². The van der Waals surface area contributed by atoms with Gasteiger partial charge < -0.3 is 5.11 Å². The van der Waals surface area contributed by atoms with E-state index in [1.807, 2.05) is 0 Å². The summed E-state index contributed by atoms with van der Waals surface area (Å²) in [5, 5.41) is 8.08. The lowest BCUT2D eigenvalue weighted by Gasteiger charge is -1.87. The Morgan fingerprint density at radius 3 is 2.88 bits per heavy atom. The molecule has 0 unspecified atom stereocenters. The van der Waals surface area contributed by atoms with Gasteiger partial charge in [0, 0.05) is 5.75 Å². The predicted octanol–water partition coefficient (Wildman–Crippen LogP) is 0.990. The van der Waals surface area contributed by atoms with Crippen molar-refractivity contribution in [1.29, 1.82) is 0 Å². The van der Waals surface area contributed by atoms with Crippen molar-refractivity contribution >= 4 is 17.7 Å². The van der Waals surface area contributed by atoms with E-state index in [4.69, 9.17) is 5.11 Å². The molecular formula is C5H8O2S. The standard InChI is InChI=1S/C5H8O2S/c1-2-3-8-4-5(6)7/h2H,1,3-4H2,(H,6,7). The van der Waals surface area contributed by atoms with E-state index in [1.54, 1.807) is 6.08 Å². The number of rotatable bonds is 4. The Kier molecular flexibility index (Phi) is 4.45. The highest BCUT2D eigenvalue weighted by Crippen LogP contribution is 1.97. The maximum Gasteiger partial charge on any atom is 0.313 e. The summed E-state index contributed by atoms with van der Waals surface area (Å²) in [6, 6.07) is 0. The van der Waals surface area contributed by atoms with Crippen molar-refractivity contribution < 1.29 is 9.90 Å². The molecule has 0 radical (unpaired) electrons. The molecule has 0 heterocycles. The van der Waals surface area contributed by atoms with Crippen LogP contribution in [0.15, 0.2) is 12.7 Å². The van der Waals surface area contributed by atoms with Gasteiger partial charge in [-0.2, -0.15) is 0 Å². The molecular weight excluding hydrogens is 124 g/mol. The average molecular weight is 132 g/mol. The molecule has 0 aromatic rings. The van der Waals surface area contributed by atoms with Crippen LogP contribution in [-0.4, -0.2) is 22.6 Å². The van der Waals surface area contributed by atoms with Gasteiger partial charge in [-0.05, 0) is 0 Å². The molecule has 0 bridgehead atoms. The summed E-state index contributed by atoms with van der Waals surface area (Å²) in [7, 11) is 0. The van der Waals surface area contributed by atoms with Gasteiger partial charge in [0.05, 0.1) is 5.75 Å². The van der Waals surface area contributed by atoms with Crippen LogP contribution in [0.5, 0.6) is 0 Å². The highest BCUT2D eigenvalue weighted by molar-refractivity contribution is 8.00. The second-order valence-corrected chi connectivity index (χ2v) is 2.23. The van der Waals surface area contributed by atoms with Gasteiger partial charge >= 0.3 is 5.97 Å². The molecule has 46 valence electrons. The van der Waals surface area contributed by atoms with Crippen LogP contribution in [0.25, 0.3) is 0 Å². The molecule has 0 aliphatic heterocycles. The van der Waals surface area contributed by atoms with E-state index in [9.17, 15) is 4.79 Å². The van der Waals surface area contributed by atoms with Crippen molar-refractivity contribution in [3.8, 4) is 0 Å². The van der Waals surface area contributed by atoms with Gasteiger partial charge in [-0.15, -0.1) is 18.3 Å². The molecule has 0 aliphatic carbocycles. The van der Waals surface area contributed by atoms with Gasteiger partial charge in [-0.1, -0.05) is 6.08 Å². The van der Waals surface area contributed by atoms with E-state index in [0.29, 0.717) is 5.75 Å². The number of hydrogen-bond acceptors (Lipinski definition) is 2. The first kappa shape index (κ1) is 7.56. The van der Waals surface area contributed by atoms with E-state index in [2.05, 4.69) is 6.58 Å². The average Bonchev–Trinajstić information content (AvgIpc) is 1.66. The molecule has 0 aromatic carbocycles. The van der Waals surface area contributed by atoms with Gasteiger partial charge in [0.25, 0.3) is 0 Å². The predicted molar refractivity (Wildman–Crippen MR) is 35.2 cm³/mol. The van der Waals surface area contributed by atoms with Crippen molar-refractivity contribution in [2.45, 2.75) is 0 Å². The van der Waals surface area contributed by atoms with Crippen LogP contribution in [-0.2, 0) is 4.79 Å². The van der Waals surface area contributed by atoms with Gasteiger partial charge in [0.1, 0.15) is 0 Å². The van der Waals surface area contributed by atoms with E-state index in [1.165, 1.54) is 11.8 Å². The lowest BCUT2D eigenvalue weighted by Crippen LogP contribution is -1.97. The van der Waals surface area contributed by atoms with E-state index < -0.39 is 5.97 Å². The largest absolute Gasteiger partial charge is 0.481 e. The fraction of sp³-hybridized carbons (Fsp3) is 0.400. The van der Waals surface area contributed by atoms with Gasteiger partial charge in [0.2, 0.25) is 0 Å². The van der Waals surface area contributed by atoms with Crippen LogP contribution in [0, 0.1) is 0 Å². The minimum absolute atomic E-state index is 0.173. The Hall–Kier alpha value is -0.440. The van der Waals surface area contributed by atoms with Crippen molar-refractivity contribution in [2.75, 3.05) is 11.5 Å². The second-order valence-electron chi connectivity index (χ2n) is 1.20. The van der Waals surface area contributed by atoms with Crippen LogP contribution >= 0.6 is 11.8 Å². The van der Waals surface area contributed by atoms with Gasteiger partial charge in [-0.25, -0.2) is 0 Å². The zero-order valence-corrected chi connectivity index (χ0v) is 5.28. The van der Waals surface area contributed by atoms with Gasteiger partial charge in [0.15, 0.2) is 0 Å². The molecule has 0 rings (SSSR count). The number of thioether (sulfide) groups is 1.